The fourth-order valence-corrected chi connectivity index (χ4v) is 3.14. The Morgan fingerprint density at radius 3 is 2.76 bits per heavy atom. The third-order valence-electron chi connectivity index (χ3n) is 4.61. The highest BCUT2D eigenvalue weighted by atomic mass is 16.5. The average Bonchev–Trinajstić information content (AvgIpc) is 3.20. The van der Waals surface area contributed by atoms with Gasteiger partial charge in [0.15, 0.2) is 0 Å². The lowest BCUT2D eigenvalue weighted by atomic mass is 10.1. The minimum absolute atomic E-state index is 0.0981. The molecular weight excluding hydrogens is 314 g/mol. The normalized spacial score (nSPS) is 18.6. The molecule has 3 aromatic rings. The summed E-state index contributed by atoms with van der Waals surface area (Å²) < 4.78 is 5.43. The van der Waals surface area contributed by atoms with Crippen LogP contribution in [0.15, 0.2) is 60.9 Å². The summed E-state index contributed by atoms with van der Waals surface area (Å²) in [6, 6.07) is 16.0. The van der Waals surface area contributed by atoms with Crippen LogP contribution in [0.3, 0.4) is 0 Å². The SMILES string of the molecule is COc1cc(-c2cn[nH]c2)ccc1C(=O)N[C@@H]1C[C@H]1c1ccccc1. The van der Waals surface area contributed by atoms with E-state index in [0.29, 0.717) is 17.2 Å². The molecular formula is C20H19N3O2. The number of amides is 1. The van der Waals surface area contributed by atoms with Crippen molar-refractivity contribution in [3.8, 4) is 16.9 Å². The quantitative estimate of drug-likeness (QED) is 0.752. The van der Waals surface area contributed by atoms with Crippen LogP contribution in [-0.2, 0) is 0 Å². The predicted molar refractivity (Wildman–Crippen MR) is 95.6 cm³/mol. The molecule has 0 bridgehead atoms. The minimum atomic E-state index is -0.0981. The molecule has 5 nitrogen and oxygen atoms in total. The van der Waals surface area contributed by atoms with Crippen LogP contribution >= 0.6 is 0 Å². The zero-order valence-electron chi connectivity index (χ0n) is 13.9. The predicted octanol–water partition coefficient (Wildman–Crippen LogP) is 3.37. The number of nitrogens with one attached hydrogen (secondary N) is 2. The molecule has 1 heterocycles. The van der Waals surface area contributed by atoms with Gasteiger partial charge in [0, 0.05) is 23.7 Å². The molecule has 1 aliphatic rings. The van der Waals surface area contributed by atoms with Crippen molar-refractivity contribution >= 4 is 5.91 Å². The molecule has 1 saturated carbocycles. The van der Waals surface area contributed by atoms with Crippen LogP contribution < -0.4 is 10.1 Å². The number of aromatic amines is 1. The number of hydrogen-bond acceptors (Lipinski definition) is 3. The number of nitrogens with zero attached hydrogens (tertiary/aromatic N) is 1. The van der Waals surface area contributed by atoms with Crippen LogP contribution in [0.25, 0.3) is 11.1 Å². The van der Waals surface area contributed by atoms with Gasteiger partial charge in [-0.25, -0.2) is 0 Å². The minimum Gasteiger partial charge on any atom is -0.496 e. The number of ether oxygens (including phenoxy) is 1. The summed E-state index contributed by atoms with van der Waals surface area (Å²) in [5.41, 5.74) is 3.73. The second-order valence-electron chi connectivity index (χ2n) is 6.23. The topological polar surface area (TPSA) is 67.0 Å². The van der Waals surface area contributed by atoms with E-state index in [4.69, 9.17) is 4.74 Å². The lowest BCUT2D eigenvalue weighted by Gasteiger charge is -2.11. The lowest BCUT2D eigenvalue weighted by molar-refractivity contribution is 0.0947. The molecule has 0 radical (unpaired) electrons. The standard InChI is InChI=1S/C20H19N3O2/c1-25-19-9-14(15-11-21-22-12-15)7-8-16(19)20(24)23-18-10-17(18)13-5-3-2-4-6-13/h2-9,11-12,17-18H,10H2,1H3,(H,21,22)(H,23,24)/t17-,18+/m0/s1. The number of methoxy groups -OCH3 is 1. The summed E-state index contributed by atoms with van der Waals surface area (Å²) in [4.78, 5) is 12.6. The van der Waals surface area contributed by atoms with Crippen molar-refractivity contribution in [2.24, 2.45) is 0 Å². The fraction of sp³-hybridized carbons (Fsp3) is 0.200. The summed E-state index contributed by atoms with van der Waals surface area (Å²) in [6.07, 6.45) is 4.53. The second-order valence-corrected chi connectivity index (χ2v) is 6.23. The number of carbonyl (C=O) groups is 1. The van der Waals surface area contributed by atoms with Crippen molar-refractivity contribution in [1.29, 1.82) is 0 Å². The second kappa shape index (κ2) is 6.43. The third-order valence-corrected chi connectivity index (χ3v) is 4.61. The van der Waals surface area contributed by atoms with Crippen molar-refractivity contribution in [3.63, 3.8) is 0 Å². The highest BCUT2D eigenvalue weighted by molar-refractivity contribution is 5.98. The molecule has 2 N–H and O–H groups in total. The molecule has 0 saturated heterocycles. The Bertz CT molecular complexity index is 875. The molecule has 2 aromatic carbocycles. The number of carbonyl (C=O) groups excluding carboxylic acids is 1. The molecule has 5 heteroatoms. The van der Waals surface area contributed by atoms with Crippen molar-refractivity contribution in [2.45, 2.75) is 18.4 Å². The van der Waals surface area contributed by atoms with Gasteiger partial charge < -0.3 is 10.1 Å². The van der Waals surface area contributed by atoms with E-state index in [1.807, 2.05) is 36.5 Å². The summed E-state index contributed by atoms with van der Waals surface area (Å²) in [5, 5.41) is 9.85. The number of rotatable bonds is 5. The smallest absolute Gasteiger partial charge is 0.255 e. The van der Waals surface area contributed by atoms with Crippen LogP contribution in [0.1, 0.15) is 28.3 Å². The first kappa shape index (κ1) is 15.4. The molecule has 1 aromatic heterocycles. The van der Waals surface area contributed by atoms with E-state index in [0.717, 1.165) is 17.5 Å². The first-order valence-electron chi connectivity index (χ1n) is 8.29. The van der Waals surface area contributed by atoms with E-state index in [9.17, 15) is 4.79 Å². The molecule has 0 spiro atoms. The summed E-state index contributed by atoms with van der Waals surface area (Å²) in [5.74, 6) is 0.869. The molecule has 0 aliphatic heterocycles. The zero-order valence-corrected chi connectivity index (χ0v) is 13.9. The van der Waals surface area contributed by atoms with Crippen molar-refractivity contribution in [3.05, 3.63) is 72.1 Å². The number of benzene rings is 2. The Balaban J connectivity index is 1.49. The van der Waals surface area contributed by atoms with Crippen LogP contribution in [0.5, 0.6) is 5.75 Å². The van der Waals surface area contributed by atoms with Gasteiger partial charge in [0.2, 0.25) is 0 Å². The van der Waals surface area contributed by atoms with E-state index >= 15 is 0 Å². The van der Waals surface area contributed by atoms with Gasteiger partial charge in [-0.3, -0.25) is 9.89 Å². The third kappa shape index (κ3) is 3.13. The van der Waals surface area contributed by atoms with Gasteiger partial charge in [0.25, 0.3) is 5.91 Å². The van der Waals surface area contributed by atoms with Gasteiger partial charge in [-0.05, 0) is 29.7 Å². The monoisotopic (exact) mass is 333 g/mol. The molecule has 25 heavy (non-hydrogen) atoms. The van der Waals surface area contributed by atoms with E-state index in [2.05, 4.69) is 27.6 Å². The highest BCUT2D eigenvalue weighted by Gasteiger charge is 2.39. The van der Waals surface area contributed by atoms with Crippen LogP contribution in [0.2, 0.25) is 0 Å². The molecule has 1 aliphatic carbocycles. The first-order chi connectivity index (χ1) is 12.3. The Labute approximate surface area is 146 Å². The highest BCUT2D eigenvalue weighted by Crippen LogP contribution is 2.41. The van der Waals surface area contributed by atoms with Gasteiger partial charge in [-0.15, -0.1) is 0 Å². The Morgan fingerprint density at radius 2 is 2.04 bits per heavy atom. The maximum absolute atomic E-state index is 12.6. The Morgan fingerprint density at radius 1 is 1.20 bits per heavy atom. The molecule has 0 unspecified atom stereocenters. The lowest BCUT2D eigenvalue weighted by Crippen LogP contribution is -2.27. The molecule has 1 fully saturated rings. The molecule has 126 valence electrons. The molecule has 4 rings (SSSR count). The Hall–Kier alpha value is -3.08. The van der Waals surface area contributed by atoms with Crippen LogP contribution in [0.4, 0.5) is 0 Å². The van der Waals surface area contributed by atoms with E-state index < -0.39 is 0 Å². The first-order valence-corrected chi connectivity index (χ1v) is 8.29. The fourth-order valence-electron chi connectivity index (χ4n) is 3.14. The van der Waals surface area contributed by atoms with Crippen molar-refractivity contribution in [2.75, 3.05) is 7.11 Å². The van der Waals surface area contributed by atoms with Gasteiger partial charge in [-0.2, -0.15) is 5.10 Å². The van der Waals surface area contributed by atoms with E-state index in [1.165, 1.54) is 5.56 Å². The molecule has 2 atom stereocenters. The number of H-pyrrole nitrogens is 1. The van der Waals surface area contributed by atoms with Gasteiger partial charge in [0.1, 0.15) is 5.75 Å². The van der Waals surface area contributed by atoms with Gasteiger partial charge in [-0.1, -0.05) is 36.4 Å². The largest absolute Gasteiger partial charge is 0.496 e. The maximum atomic E-state index is 12.6. The Kier molecular flexibility index (Phi) is 3.98. The summed E-state index contributed by atoms with van der Waals surface area (Å²) >= 11 is 0. The van der Waals surface area contributed by atoms with E-state index in [-0.39, 0.29) is 11.9 Å². The summed E-state index contributed by atoms with van der Waals surface area (Å²) in [7, 11) is 1.58. The van der Waals surface area contributed by atoms with Gasteiger partial charge in [0.05, 0.1) is 18.9 Å². The van der Waals surface area contributed by atoms with E-state index in [1.54, 1.807) is 19.4 Å². The summed E-state index contributed by atoms with van der Waals surface area (Å²) in [6.45, 7) is 0. The van der Waals surface area contributed by atoms with Crippen LogP contribution in [-0.4, -0.2) is 29.3 Å². The van der Waals surface area contributed by atoms with Gasteiger partial charge >= 0.3 is 0 Å². The zero-order chi connectivity index (χ0) is 17.2. The van der Waals surface area contributed by atoms with Crippen LogP contribution in [0, 0.1) is 0 Å². The number of aromatic nitrogens is 2. The average molecular weight is 333 g/mol. The maximum Gasteiger partial charge on any atom is 0.255 e. The molecule has 1 amide bonds. The van der Waals surface area contributed by atoms with Crippen molar-refractivity contribution < 1.29 is 9.53 Å². The van der Waals surface area contributed by atoms with Crippen molar-refractivity contribution in [1.82, 2.24) is 15.5 Å². The number of hydrogen-bond donors (Lipinski definition) is 2.